The summed E-state index contributed by atoms with van der Waals surface area (Å²) in [5.41, 5.74) is -2.02. The Hall–Kier alpha value is -1.34. The van der Waals surface area contributed by atoms with E-state index in [1.54, 1.807) is 6.92 Å². The molecule has 3 N–H and O–H groups in total. The molecule has 20 heavy (non-hydrogen) atoms. The van der Waals surface area contributed by atoms with Crippen molar-refractivity contribution in [2.45, 2.75) is 38.0 Å². The van der Waals surface area contributed by atoms with Crippen molar-refractivity contribution in [3.05, 3.63) is 23.9 Å². The maximum atomic E-state index is 12.8. The van der Waals surface area contributed by atoms with Crippen molar-refractivity contribution in [2.24, 2.45) is 0 Å². The van der Waals surface area contributed by atoms with E-state index in [-0.39, 0.29) is 19.0 Å². The number of pyridine rings is 1. The van der Waals surface area contributed by atoms with Gasteiger partial charge in [-0.25, -0.2) is 4.98 Å². The van der Waals surface area contributed by atoms with Crippen LogP contribution in [-0.4, -0.2) is 33.9 Å². The SMILES string of the molecule is CCC(O)(CCCO)CNc1ncccc1C(F)(F)F. The fourth-order valence-corrected chi connectivity index (χ4v) is 1.82. The minimum Gasteiger partial charge on any atom is -0.396 e. The second-order valence-electron chi connectivity index (χ2n) is 4.66. The van der Waals surface area contributed by atoms with Gasteiger partial charge in [0, 0.05) is 19.3 Å². The number of nitrogens with one attached hydrogen (secondary N) is 1. The molecule has 114 valence electrons. The lowest BCUT2D eigenvalue weighted by molar-refractivity contribution is -0.137. The van der Waals surface area contributed by atoms with E-state index in [9.17, 15) is 18.3 Å². The molecule has 0 aliphatic heterocycles. The van der Waals surface area contributed by atoms with Crippen LogP contribution in [0.2, 0.25) is 0 Å². The molecule has 1 heterocycles. The van der Waals surface area contributed by atoms with E-state index in [2.05, 4.69) is 10.3 Å². The third-order valence-electron chi connectivity index (χ3n) is 3.16. The fraction of sp³-hybridized carbons (Fsp3) is 0.615. The lowest BCUT2D eigenvalue weighted by atomic mass is 9.94. The Kier molecular flexibility index (Phi) is 5.76. The third-order valence-corrected chi connectivity index (χ3v) is 3.16. The smallest absolute Gasteiger partial charge is 0.396 e. The van der Waals surface area contributed by atoms with Gasteiger partial charge in [0.25, 0.3) is 0 Å². The Morgan fingerprint density at radius 3 is 2.60 bits per heavy atom. The first kappa shape index (κ1) is 16.7. The number of aliphatic hydroxyl groups is 2. The molecule has 0 aliphatic carbocycles. The zero-order valence-electron chi connectivity index (χ0n) is 11.2. The monoisotopic (exact) mass is 292 g/mol. The predicted molar refractivity (Wildman–Crippen MR) is 69.3 cm³/mol. The van der Waals surface area contributed by atoms with Gasteiger partial charge in [-0.3, -0.25) is 0 Å². The number of hydrogen-bond acceptors (Lipinski definition) is 4. The number of nitrogens with zero attached hydrogens (tertiary/aromatic N) is 1. The largest absolute Gasteiger partial charge is 0.419 e. The summed E-state index contributed by atoms with van der Waals surface area (Å²) in [4.78, 5) is 3.67. The summed E-state index contributed by atoms with van der Waals surface area (Å²) in [5, 5.41) is 21.5. The Morgan fingerprint density at radius 2 is 2.05 bits per heavy atom. The standard InChI is InChI=1S/C13H19F3N2O2/c1-2-12(20,6-4-8-19)9-18-11-10(13(14,15)16)5-3-7-17-11/h3,5,7,19-20H,2,4,6,8-9H2,1H3,(H,17,18). The van der Waals surface area contributed by atoms with E-state index in [1.807, 2.05) is 0 Å². The minimum absolute atomic E-state index is 0.0520. The van der Waals surface area contributed by atoms with Gasteiger partial charge in [-0.05, 0) is 31.4 Å². The van der Waals surface area contributed by atoms with E-state index in [0.29, 0.717) is 19.3 Å². The number of rotatable bonds is 7. The maximum absolute atomic E-state index is 12.8. The summed E-state index contributed by atoms with van der Waals surface area (Å²) in [6.45, 7) is 1.62. The number of alkyl halides is 3. The predicted octanol–water partition coefficient (Wildman–Crippen LogP) is 2.43. The van der Waals surface area contributed by atoms with E-state index < -0.39 is 17.3 Å². The molecule has 0 bridgehead atoms. The van der Waals surface area contributed by atoms with Crippen LogP contribution in [0.15, 0.2) is 18.3 Å². The number of halogens is 3. The van der Waals surface area contributed by atoms with Crippen molar-refractivity contribution in [3.8, 4) is 0 Å². The zero-order valence-corrected chi connectivity index (χ0v) is 11.2. The first-order valence-electron chi connectivity index (χ1n) is 6.42. The minimum atomic E-state index is -4.49. The molecule has 0 fully saturated rings. The number of hydrogen-bond donors (Lipinski definition) is 3. The van der Waals surface area contributed by atoms with Crippen molar-refractivity contribution in [1.29, 1.82) is 0 Å². The average Bonchev–Trinajstić information content (AvgIpc) is 2.42. The van der Waals surface area contributed by atoms with Gasteiger partial charge in [0.1, 0.15) is 5.82 Å². The zero-order chi connectivity index (χ0) is 15.2. The second-order valence-corrected chi connectivity index (χ2v) is 4.66. The molecule has 0 saturated heterocycles. The van der Waals surface area contributed by atoms with Crippen molar-refractivity contribution in [1.82, 2.24) is 4.98 Å². The molecule has 0 aromatic carbocycles. The first-order valence-corrected chi connectivity index (χ1v) is 6.42. The van der Waals surface area contributed by atoms with Gasteiger partial charge in [0.2, 0.25) is 0 Å². The van der Waals surface area contributed by atoms with Gasteiger partial charge in [-0.2, -0.15) is 13.2 Å². The quantitative estimate of drug-likeness (QED) is 0.722. The Bertz CT molecular complexity index is 426. The lowest BCUT2D eigenvalue weighted by Crippen LogP contribution is -2.37. The third kappa shape index (κ3) is 4.64. The van der Waals surface area contributed by atoms with Gasteiger partial charge >= 0.3 is 6.18 Å². The van der Waals surface area contributed by atoms with Crippen LogP contribution in [0.25, 0.3) is 0 Å². The van der Waals surface area contributed by atoms with Gasteiger partial charge in [-0.15, -0.1) is 0 Å². The second kappa shape index (κ2) is 6.90. The Balaban J connectivity index is 2.79. The first-order chi connectivity index (χ1) is 9.32. The molecule has 0 aliphatic rings. The molecule has 1 aromatic rings. The van der Waals surface area contributed by atoms with E-state index in [1.165, 1.54) is 12.3 Å². The van der Waals surface area contributed by atoms with Crippen LogP contribution in [0.3, 0.4) is 0 Å². The summed E-state index contributed by atoms with van der Waals surface area (Å²) in [5.74, 6) is -0.295. The molecular formula is C13H19F3N2O2. The molecular weight excluding hydrogens is 273 g/mol. The molecule has 1 rings (SSSR count). The summed E-state index contributed by atoms with van der Waals surface area (Å²) in [6, 6.07) is 2.15. The highest BCUT2D eigenvalue weighted by Gasteiger charge is 2.34. The number of anilines is 1. The Labute approximate surface area is 115 Å². The molecule has 4 nitrogen and oxygen atoms in total. The van der Waals surface area contributed by atoms with Crippen LogP contribution in [0.1, 0.15) is 31.7 Å². The molecule has 1 unspecified atom stereocenters. The van der Waals surface area contributed by atoms with Crippen LogP contribution < -0.4 is 5.32 Å². The summed E-state index contributed by atoms with van der Waals surface area (Å²) < 4.78 is 38.3. The van der Waals surface area contributed by atoms with Gasteiger partial charge in [-0.1, -0.05) is 6.92 Å². The molecule has 7 heteroatoms. The summed E-state index contributed by atoms with van der Waals surface area (Å²) in [6.07, 6.45) is -2.17. The fourth-order valence-electron chi connectivity index (χ4n) is 1.82. The Morgan fingerprint density at radius 1 is 1.35 bits per heavy atom. The van der Waals surface area contributed by atoms with Gasteiger partial charge in [0.15, 0.2) is 0 Å². The molecule has 0 radical (unpaired) electrons. The van der Waals surface area contributed by atoms with Gasteiger partial charge < -0.3 is 15.5 Å². The average molecular weight is 292 g/mol. The van der Waals surface area contributed by atoms with E-state index in [0.717, 1.165) is 6.07 Å². The number of aliphatic hydroxyl groups excluding tert-OH is 1. The highest BCUT2D eigenvalue weighted by Crippen LogP contribution is 2.33. The lowest BCUT2D eigenvalue weighted by Gasteiger charge is -2.27. The molecule has 0 saturated carbocycles. The van der Waals surface area contributed by atoms with Crippen LogP contribution in [0.5, 0.6) is 0 Å². The molecule has 1 atom stereocenters. The van der Waals surface area contributed by atoms with Crippen molar-refractivity contribution in [2.75, 3.05) is 18.5 Å². The van der Waals surface area contributed by atoms with Crippen molar-refractivity contribution < 1.29 is 23.4 Å². The topological polar surface area (TPSA) is 65.4 Å². The van der Waals surface area contributed by atoms with Crippen molar-refractivity contribution in [3.63, 3.8) is 0 Å². The van der Waals surface area contributed by atoms with Crippen molar-refractivity contribution >= 4 is 5.82 Å². The molecule has 0 amide bonds. The maximum Gasteiger partial charge on any atom is 0.419 e. The summed E-state index contributed by atoms with van der Waals surface area (Å²) >= 11 is 0. The highest BCUT2D eigenvalue weighted by atomic mass is 19.4. The van der Waals surface area contributed by atoms with Crippen LogP contribution in [-0.2, 0) is 6.18 Å². The molecule has 0 spiro atoms. The van der Waals surface area contributed by atoms with Crippen LogP contribution in [0.4, 0.5) is 19.0 Å². The van der Waals surface area contributed by atoms with Crippen LogP contribution in [0, 0.1) is 0 Å². The summed E-state index contributed by atoms with van der Waals surface area (Å²) in [7, 11) is 0. The molecule has 1 aromatic heterocycles. The van der Waals surface area contributed by atoms with E-state index >= 15 is 0 Å². The normalized spacial score (nSPS) is 14.9. The number of aromatic nitrogens is 1. The highest BCUT2D eigenvalue weighted by molar-refractivity contribution is 5.45. The van der Waals surface area contributed by atoms with Gasteiger partial charge in [0.05, 0.1) is 11.2 Å². The van der Waals surface area contributed by atoms with Crippen LogP contribution >= 0.6 is 0 Å². The van der Waals surface area contributed by atoms with E-state index in [4.69, 9.17) is 5.11 Å².